The number of carbonyl (C=O) groups excluding carboxylic acids is 7. The van der Waals surface area contributed by atoms with Crippen molar-refractivity contribution in [2.24, 2.45) is 11.7 Å². The fourth-order valence-corrected chi connectivity index (χ4v) is 4.88. The zero-order valence-corrected chi connectivity index (χ0v) is 28.1. The number of amides is 7. The van der Waals surface area contributed by atoms with Crippen LogP contribution in [0.2, 0.25) is 0 Å². The van der Waals surface area contributed by atoms with E-state index in [0.717, 1.165) is 4.90 Å². The summed E-state index contributed by atoms with van der Waals surface area (Å²) in [7, 11) is 0. The molecule has 0 saturated carbocycles. The molecule has 0 unspecified atom stereocenters. The molecule has 2 aromatic rings. The molecule has 0 fully saturated rings. The molecule has 0 saturated heterocycles. The number of urea groups is 1. The number of ether oxygens (including phenoxy) is 2. The van der Waals surface area contributed by atoms with Gasteiger partial charge in [0.05, 0.1) is 0 Å². The summed E-state index contributed by atoms with van der Waals surface area (Å²) >= 11 is 0. The molecule has 7 amide bonds. The van der Waals surface area contributed by atoms with Crippen molar-refractivity contribution in [2.45, 2.75) is 71.1 Å². The number of primary amides is 1. The van der Waals surface area contributed by atoms with E-state index >= 15 is 0 Å². The maximum Gasteiger partial charge on any atom is 0.514 e. The first-order chi connectivity index (χ1) is 23.9. The summed E-state index contributed by atoms with van der Waals surface area (Å²) in [6, 6.07) is 12.4. The molecule has 0 aliphatic carbocycles. The molecule has 15 heteroatoms. The number of unbranched alkanes of at least 4 members (excludes halogenated alkanes) is 2. The number of carbonyl (C=O) groups is 7. The average molecular weight is 693 g/mol. The molecule has 2 aromatic carbocycles. The van der Waals surface area contributed by atoms with E-state index in [1.807, 2.05) is 0 Å². The number of benzene rings is 2. The normalized spacial score (nSPS) is 13.4. The molecule has 2 atom stereocenters. The van der Waals surface area contributed by atoms with Crippen molar-refractivity contribution in [3.63, 3.8) is 0 Å². The highest BCUT2D eigenvalue weighted by Crippen LogP contribution is 2.15. The Morgan fingerprint density at radius 3 is 2.14 bits per heavy atom. The monoisotopic (exact) mass is 692 g/mol. The molecule has 1 heterocycles. The second-order valence-corrected chi connectivity index (χ2v) is 11.9. The van der Waals surface area contributed by atoms with E-state index in [2.05, 4.69) is 21.3 Å². The summed E-state index contributed by atoms with van der Waals surface area (Å²) in [5.41, 5.74) is 6.20. The van der Waals surface area contributed by atoms with E-state index in [0.29, 0.717) is 42.7 Å². The highest BCUT2D eigenvalue weighted by Gasteiger charge is 2.29. The van der Waals surface area contributed by atoms with Gasteiger partial charge in [0.1, 0.15) is 24.4 Å². The third-order valence-corrected chi connectivity index (χ3v) is 7.58. The fraction of sp³-hybridized carbons (Fsp3) is 0.400. The maximum absolute atomic E-state index is 13.4. The smallest absolute Gasteiger partial charge is 0.429 e. The molecule has 6 N–H and O–H groups in total. The predicted molar refractivity (Wildman–Crippen MR) is 182 cm³/mol. The van der Waals surface area contributed by atoms with Crippen molar-refractivity contribution in [1.82, 2.24) is 20.9 Å². The molecule has 50 heavy (non-hydrogen) atoms. The van der Waals surface area contributed by atoms with Crippen molar-refractivity contribution in [2.75, 3.05) is 18.4 Å². The van der Waals surface area contributed by atoms with Crippen LogP contribution in [0.5, 0.6) is 5.75 Å². The largest absolute Gasteiger partial charge is 0.514 e. The summed E-state index contributed by atoms with van der Waals surface area (Å²) in [5, 5.41) is 10.7. The van der Waals surface area contributed by atoms with E-state index in [1.165, 1.54) is 12.2 Å². The van der Waals surface area contributed by atoms with Crippen molar-refractivity contribution < 1.29 is 43.0 Å². The minimum atomic E-state index is -1.02. The molecule has 0 spiro atoms. The fourth-order valence-electron chi connectivity index (χ4n) is 4.88. The lowest BCUT2D eigenvalue weighted by molar-refractivity contribution is -0.137. The lowest BCUT2D eigenvalue weighted by Gasteiger charge is -2.25. The number of rotatable bonds is 19. The molecule has 268 valence electrons. The first-order valence-electron chi connectivity index (χ1n) is 16.4. The summed E-state index contributed by atoms with van der Waals surface area (Å²) in [5.74, 6) is -2.08. The molecule has 0 radical (unpaired) electrons. The summed E-state index contributed by atoms with van der Waals surface area (Å²) in [4.78, 5) is 87.0. The van der Waals surface area contributed by atoms with E-state index in [1.54, 1.807) is 68.4 Å². The van der Waals surface area contributed by atoms with Crippen LogP contribution in [-0.4, -0.2) is 71.8 Å². The van der Waals surface area contributed by atoms with E-state index < -0.39 is 36.1 Å². The first-order valence-corrected chi connectivity index (χ1v) is 16.4. The molecule has 1 aliphatic rings. The van der Waals surface area contributed by atoms with Gasteiger partial charge in [-0.1, -0.05) is 50.6 Å². The molecule has 1 aliphatic heterocycles. The second-order valence-electron chi connectivity index (χ2n) is 11.9. The zero-order chi connectivity index (χ0) is 36.5. The van der Waals surface area contributed by atoms with Crippen molar-refractivity contribution in [1.29, 1.82) is 0 Å². The molecular formula is C35H44N6O9. The van der Waals surface area contributed by atoms with Gasteiger partial charge in [-0.2, -0.15) is 0 Å². The van der Waals surface area contributed by atoms with Gasteiger partial charge in [0.15, 0.2) is 0 Å². The van der Waals surface area contributed by atoms with Gasteiger partial charge in [-0.15, -0.1) is 0 Å². The summed E-state index contributed by atoms with van der Waals surface area (Å²) < 4.78 is 10.2. The number of para-hydroxylation sites is 1. The molecule has 15 nitrogen and oxygen atoms in total. The van der Waals surface area contributed by atoms with Gasteiger partial charge >= 0.3 is 12.2 Å². The second kappa shape index (κ2) is 19.9. The van der Waals surface area contributed by atoms with Gasteiger partial charge in [-0.05, 0) is 61.4 Å². The van der Waals surface area contributed by atoms with Crippen molar-refractivity contribution in [3.05, 3.63) is 72.3 Å². The van der Waals surface area contributed by atoms with Gasteiger partial charge in [0, 0.05) is 37.3 Å². The topological polar surface area (TPSA) is 215 Å². The van der Waals surface area contributed by atoms with Crippen LogP contribution < -0.4 is 31.7 Å². The highest BCUT2D eigenvalue weighted by molar-refractivity contribution is 6.12. The van der Waals surface area contributed by atoms with Crippen LogP contribution >= 0.6 is 0 Å². The van der Waals surface area contributed by atoms with E-state index in [4.69, 9.17) is 15.2 Å². The van der Waals surface area contributed by atoms with Crippen LogP contribution in [-0.2, 0) is 35.3 Å². The van der Waals surface area contributed by atoms with Crippen molar-refractivity contribution >= 4 is 47.4 Å². The third kappa shape index (κ3) is 13.4. The summed E-state index contributed by atoms with van der Waals surface area (Å²) in [6.07, 6.45) is 3.83. The van der Waals surface area contributed by atoms with Gasteiger partial charge in [-0.25, -0.2) is 9.59 Å². The minimum absolute atomic E-state index is 0.0634. The minimum Gasteiger partial charge on any atom is -0.429 e. The summed E-state index contributed by atoms with van der Waals surface area (Å²) in [6.45, 7) is 3.91. The van der Waals surface area contributed by atoms with Crippen LogP contribution in [0.1, 0.15) is 57.9 Å². The van der Waals surface area contributed by atoms with Crippen LogP contribution in [0.15, 0.2) is 66.7 Å². The number of anilines is 1. The SMILES string of the molecule is CC(C)[C@H](NC(=O)CCCCCN1C(=O)C=CC1=O)C(=O)N[C@@H](CCCNC(N)=O)C(=O)Nc1ccc(COC(=O)Oc2ccccc2)cc1. The Labute approximate surface area is 290 Å². The quantitative estimate of drug-likeness (QED) is 0.0632. The molecular weight excluding hydrogens is 648 g/mol. The Kier molecular flexibility index (Phi) is 15.4. The predicted octanol–water partition coefficient (Wildman–Crippen LogP) is 2.90. The maximum atomic E-state index is 13.4. The van der Waals surface area contributed by atoms with Gasteiger partial charge in [0.25, 0.3) is 11.8 Å². The van der Waals surface area contributed by atoms with Crippen LogP contribution in [0, 0.1) is 5.92 Å². The Bertz CT molecular complexity index is 1510. The molecule has 0 aromatic heterocycles. The van der Waals surface area contributed by atoms with Gasteiger partial charge < -0.3 is 36.5 Å². The Morgan fingerprint density at radius 2 is 1.50 bits per heavy atom. The molecule has 3 rings (SSSR count). The first kappa shape index (κ1) is 38.7. The third-order valence-electron chi connectivity index (χ3n) is 7.58. The Balaban J connectivity index is 1.52. The van der Waals surface area contributed by atoms with Crippen LogP contribution in [0.3, 0.4) is 0 Å². The number of imide groups is 1. The number of nitrogens with two attached hydrogens (primary N) is 1. The standard InChI is InChI=1S/C35H44N6O9/c1-23(2)31(40-28(42)13-7-4-8-21-41-29(43)18-19-30(41)44)33(46)39-27(12-9-20-37-34(36)47)32(45)38-25-16-14-24(15-17-25)22-49-35(48)50-26-10-5-3-6-11-26/h3,5-6,10-11,14-19,23,27,31H,4,7-9,12-13,20-22H2,1-2H3,(H,38,45)(H,39,46)(H,40,42)(H3,36,37,47)/t27-,31-/m0/s1. The van der Waals surface area contributed by atoms with E-state index in [-0.39, 0.29) is 56.2 Å². The van der Waals surface area contributed by atoms with Gasteiger partial charge in [-0.3, -0.25) is 28.9 Å². The lowest BCUT2D eigenvalue weighted by Crippen LogP contribution is -2.54. The number of hydrogen-bond donors (Lipinski definition) is 5. The number of hydrogen-bond acceptors (Lipinski definition) is 9. The Hall–Kier alpha value is -5.73. The van der Waals surface area contributed by atoms with Crippen LogP contribution in [0.4, 0.5) is 15.3 Å². The average Bonchev–Trinajstić information content (AvgIpc) is 3.40. The Morgan fingerprint density at radius 1 is 0.820 bits per heavy atom. The van der Waals surface area contributed by atoms with Crippen LogP contribution in [0.25, 0.3) is 0 Å². The number of nitrogens with one attached hydrogen (secondary N) is 4. The lowest BCUT2D eigenvalue weighted by atomic mass is 10.0. The van der Waals surface area contributed by atoms with Gasteiger partial charge in [0.2, 0.25) is 17.7 Å². The van der Waals surface area contributed by atoms with Crippen molar-refractivity contribution in [3.8, 4) is 5.75 Å². The zero-order valence-electron chi connectivity index (χ0n) is 28.1. The van der Waals surface area contributed by atoms with E-state index in [9.17, 15) is 33.6 Å². The highest BCUT2D eigenvalue weighted by atomic mass is 16.7. The number of nitrogens with zero attached hydrogens (tertiary/aromatic N) is 1. The molecule has 0 bridgehead atoms.